The average Bonchev–Trinajstić information content (AvgIpc) is 3.18. The van der Waals surface area contributed by atoms with Crippen LogP contribution in [-0.4, -0.2) is 48.0 Å². The van der Waals surface area contributed by atoms with Gasteiger partial charge in [0.25, 0.3) is 0 Å². The number of hydrogen-bond acceptors (Lipinski definition) is 4. The number of oxazole rings is 1. The van der Waals surface area contributed by atoms with E-state index in [0.29, 0.717) is 5.02 Å². The molecule has 0 bridgehead atoms. The van der Waals surface area contributed by atoms with E-state index in [1.165, 1.54) is 25.9 Å². The van der Waals surface area contributed by atoms with E-state index < -0.39 is 0 Å². The molecule has 0 aliphatic carbocycles. The van der Waals surface area contributed by atoms with Crippen molar-refractivity contribution in [3.8, 4) is 11.3 Å². The van der Waals surface area contributed by atoms with Gasteiger partial charge in [-0.25, -0.2) is 4.98 Å². The molecule has 0 saturated carbocycles. The van der Waals surface area contributed by atoms with E-state index in [0.717, 1.165) is 42.8 Å². The van der Waals surface area contributed by atoms with E-state index in [9.17, 15) is 0 Å². The third kappa shape index (κ3) is 4.38. The Balaban J connectivity index is 1.55. The van der Waals surface area contributed by atoms with Crippen molar-refractivity contribution in [1.29, 1.82) is 0 Å². The Hall–Kier alpha value is -1.36. The second-order valence-electron chi connectivity index (χ2n) is 6.75. The fourth-order valence-corrected chi connectivity index (χ4v) is 3.71. The molecule has 3 rings (SSSR count). The summed E-state index contributed by atoms with van der Waals surface area (Å²) in [6.45, 7) is 7.61. The molecule has 1 aliphatic heterocycles. The number of likely N-dealkylation sites (tertiary alicyclic amines) is 1. The van der Waals surface area contributed by atoms with E-state index in [1.54, 1.807) is 6.20 Å². The molecule has 130 valence electrons. The molecular weight excluding hydrogens is 322 g/mol. The Kier molecular flexibility index (Phi) is 5.93. The summed E-state index contributed by atoms with van der Waals surface area (Å²) in [4.78, 5) is 9.31. The molecule has 1 saturated heterocycles. The zero-order valence-corrected chi connectivity index (χ0v) is 15.3. The molecule has 1 atom stereocenters. The molecule has 1 unspecified atom stereocenters. The molecule has 5 heteroatoms. The Labute approximate surface area is 149 Å². The van der Waals surface area contributed by atoms with Crippen molar-refractivity contribution in [2.24, 2.45) is 5.92 Å². The average molecular weight is 348 g/mol. The molecule has 1 fully saturated rings. The van der Waals surface area contributed by atoms with Gasteiger partial charge in [0.2, 0.25) is 5.89 Å². The van der Waals surface area contributed by atoms with Crippen LogP contribution >= 0.6 is 11.6 Å². The summed E-state index contributed by atoms with van der Waals surface area (Å²) in [6, 6.07) is 7.71. The number of halogens is 1. The van der Waals surface area contributed by atoms with Crippen molar-refractivity contribution in [3.63, 3.8) is 0 Å². The summed E-state index contributed by atoms with van der Waals surface area (Å²) < 4.78 is 5.92. The number of hydrogen-bond donors (Lipinski definition) is 0. The molecule has 1 aliphatic rings. The lowest BCUT2D eigenvalue weighted by atomic mass is 10.1. The van der Waals surface area contributed by atoms with Gasteiger partial charge in [0.15, 0.2) is 5.76 Å². The summed E-state index contributed by atoms with van der Waals surface area (Å²) in [7, 11) is 2.22. The van der Waals surface area contributed by atoms with Gasteiger partial charge in [-0.3, -0.25) is 4.90 Å². The third-order valence-electron chi connectivity index (χ3n) is 4.60. The molecule has 1 aromatic carbocycles. The topological polar surface area (TPSA) is 32.5 Å². The van der Waals surface area contributed by atoms with Gasteiger partial charge in [0.05, 0.1) is 17.8 Å². The normalized spacial score (nSPS) is 18.6. The van der Waals surface area contributed by atoms with Crippen molar-refractivity contribution in [2.75, 3.05) is 33.2 Å². The van der Waals surface area contributed by atoms with E-state index in [-0.39, 0.29) is 0 Å². The number of aromatic nitrogens is 1. The van der Waals surface area contributed by atoms with E-state index in [1.807, 2.05) is 24.3 Å². The number of nitrogens with zero attached hydrogens (tertiary/aromatic N) is 3. The highest BCUT2D eigenvalue weighted by Crippen LogP contribution is 2.28. The first kappa shape index (κ1) is 17.5. The smallest absolute Gasteiger partial charge is 0.209 e. The van der Waals surface area contributed by atoms with Gasteiger partial charge < -0.3 is 9.32 Å². The van der Waals surface area contributed by atoms with Gasteiger partial charge in [-0.1, -0.05) is 30.7 Å². The summed E-state index contributed by atoms with van der Waals surface area (Å²) in [5, 5.41) is 0.695. The molecule has 24 heavy (non-hydrogen) atoms. The van der Waals surface area contributed by atoms with E-state index in [2.05, 4.69) is 28.8 Å². The molecular formula is C19H26ClN3O. The largest absolute Gasteiger partial charge is 0.439 e. The maximum Gasteiger partial charge on any atom is 0.209 e. The van der Waals surface area contributed by atoms with Crippen molar-refractivity contribution in [1.82, 2.24) is 14.8 Å². The Morgan fingerprint density at radius 2 is 2.21 bits per heavy atom. The number of benzene rings is 1. The lowest BCUT2D eigenvalue weighted by Crippen LogP contribution is -2.28. The van der Waals surface area contributed by atoms with Crippen LogP contribution in [0.25, 0.3) is 11.3 Å². The molecule has 0 radical (unpaired) electrons. The van der Waals surface area contributed by atoms with Crippen LogP contribution in [0.1, 0.15) is 25.7 Å². The molecule has 2 heterocycles. The molecule has 4 nitrogen and oxygen atoms in total. The van der Waals surface area contributed by atoms with Crippen molar-refractivity contribution >= 4 is 11.6 Å². The summed E-state index contributed by atoms with van der Waals surface area (Å²) >= 11 is 6.23. The standard InChI is InChI=1S/C19H26ClN3O/c1-3-9-22(2)12-15-8-10-23(13-15)14-19-21-11-18(24-19)16-6-4-5-7-17(16)20/h4-7,11,15H,3,8-10,12-14H2,1-2H3. The highest BCUT2D eigenvalue weighted by molar-refractivity contribution is 6.33. The second kappa shape index (κ2) is 8.15. The minimum Gasteiger partial charge on any atom is -0.439 e. The van der Waals surface area contributed by atoms with Gasteiger partial charge >= 0.3 is 0 Å². The van der Waals surface area contributed by atoms with Gasteiger partial charge in [0, 0.05) is 18.7 Å². The Morgan fingerprint density at radius 3 is 3.00 bits per heavy atom. The zero-order valence-electron chi connectivity index (χ0n) is 14.5. The van der Waals surface area contributed by atoms with Gasteiger partial charge in [0.1, 0.15) is 0 Å². The first-order valence-corrected chi connectivity index (χ1v) is 9.14. The first-order chi connectivity index (χ1) is 11.7. The van der Waals surface area contributed by atoms with Crippen LogP contribution < -0.4 is 0 Å². The maximum atomic E-state index is 6.23. The van der Waals surface area contributed by atoms with Crippen molar-refractivity contribution in [3.05, 3.63) is 41.4 Å². The molecule has 1 aromatic heterocycles. The minimum absolute atomic E-state index is 0.695. The Bertz CT molecular complexity index is 658. The van der Waals surface area contributed by atoms with Crippen LogP contribution in [0, 0.1) is 5.92 Å². The number of rotatable bonds is 7. The van der Waals surface area contributed by atoms with Crippen LogP contribution in [0.2, 0.25) is 5.02 Å². The van der Waals surface area contributed by atoms with Crippen LogP contribution in [0.5, 0.6) is 0 Å². The van der Waals surface area contributed by atoms with Gasteiger partial charge in [-0.2, -0.15) is 0 Å². The summed E-state index contributed by atoms with van der Waals surface area (Å²) in [5.41, 5.74) is 0.901. The van der Waals surface area contributed by atoms with Crippen molar-refractivity contribution < 1.29 is 4.42 Å². The highest BCUT2D eigenvalue weighted by atomic mass is 35.5. The minimum atomic E-state index is 0.695. The Morgan fingerprint density at radius 1 is 1.38 bits per heavy atom. The monoisotopic (exact) mass is 347 g/mol. The van der Waals surface area contributed by atoms with Crippen LogP contribution in [0.3, 0.4) is 0 Å². The van der Waals surface area contributed by atoms with E-state index >= 15 is 0 Å². The summed E-state index contributed by atoms with van der Waals surface area (Å²) in [5.74, 6) is 2.26. The molecule has 0 spiro atoms. The van der Waals surface area contributed by atoms with Gasteiger partial charge in [-0.05, 0) is 51.0 Å². The quantitative estimate of drug-likeness (QED) is 0.753. The highest BCUT2D eigenvalue weighted by Gasteiger charge is 2.24. The van der Waals surface area contributed by atoms with Crippen LogP contribution in [-0.2, 0) is 6.54 Å². The SMILES string of the molecule is CCCN(C)CC1CCN(Cc2ncc(-c3ccccc3Cl)o2)C1. The van der Waals surface area contributed by atoms with Crippen LogP contribution in [0.15, 0.2) is 34.9 Å². The first-order valence-electron chi connectivity index (χ1n) is 8.76. The second-order valence-corrected chi connectivity index (χ2v) is 7.16. The molecule has 2 aromatic rings. The fourth-order valence-electron chi connectivity index (χ4n) is 3.48. The zero-order chi connectivity index (χ0) is 16.9. The van der Waals surface area contributed by atoms with E-state index in [4.69, 9.17) is 16.0 Å². The summed E-state index contributed by atoms with van der Waals surface area (Å²) in [6.07, 6.45) is 4.25. The lowest BCUT2D eigenvalue weighted by Gasteiger charge is -2.20. The van der Waals surface area contributed by atoms with Gasteiger partial charge in [-0.15, -0.1) is 0 Å². The fraction of sp³-hybridized carbons (Fsp3) is 0.526. The van der Waals surface area contributed by atoms with Crippen LogP contribution in [0.4, 0.5) is 0 Å². The molecule has 0 N–H and O–H groups in total. The predicted octanol–water partition coefficient (Wildman–Crippen LogP) is 4.16. The maximum absolute atomic E-state index is 6.23. The third-order valence-corrected chi connectivity index (χ3v) is 4.93. The van der Waals surface area contributed by atoms with Crippen molar-refractivity contribution in [2.45, 2.75) is 26.3 Å². The molecule has 0 amide bonds. The predicted molar refractivity (Wildman–Crippen MR) is 98.1 cm³/mol. The lowest BCUT2D eigenvalue weighted by molar-refractivity contribution is 0.249.